The molecule has 122 valence electrons. The number of aryl methyl sites for hydroxylation is 1. The second kappa shape index (κ2) is 6.82. The standard InChI is InChI=1S/C17H25NO3S/c1-5-13-6-7-14(22-13)10-12-11-18(9-8-15(12)19)16(20)21-17(2,3)4/h6-7,12H,5,8-11H2,1-4H3. The van der Waals surface area contributed by atoms with Gasteiger partial charge in [0.1, 0.15) is 11.4 Å². The molecule has 1 aromatic rings. The molecule has 1 atom stereocenters. The third kappa shape index (κ3) is 4.57. The lowest BCUT2D eigenvalue weighted by Gasteiger charge is -2.33. The highest BCUT2D eigenvalue weighted by Gasteiger charge is 2.32. The van der Waals surface area contributed by atoms with Gasteiger partial charge in [-0.1, -0.05) is 6.92 Å². The van der Waals surface area contributed by atoms with Gasteiger partial charge in [0.25, 0.3) is 0 Å². The van der Waals surface area contributed by atoms with Gasteiger partial charge in [-0.15, -0.1) is 11.3 Å². The Balaban J connectivity index is 1.98. The molecule has 1 amide bonds. The predicted octanol–water partition coefficient (Wildman–Crippen LogP) is 3.68. The largest absolute Gasteiger partial charge is 0.444 e. The summed E-state index contributed by atoms with van der Waals surface area (Å²) in [4.78, 5) is 28.5. The topological polar surface area (TPSA) is 46.6 Å². The van der Waals surface area contributed by atoms with Gasteiger partial charge in [0, 0.05) is 35.2 Å². The zero-order valence-corrected chi connectivity index (χ0v) is 14.7. The molecule has 22 heavy (non-hydrogen) atoms. The number of likely N-dealkylation sites (tertiary alicyclic amines) is 1. The van der Waals surface area contributed by atoms with E-state index < -0.39 is 5.60 Å². The third-order valence-corrected chi connectivity index (χ3v) is 4.94. The normalized spacial score (nSPS) is 19.4. The Kier molecular flexibility index (Phi) is 5.27. The summed E-state index contributed by atoms with van der Waals surface area (Å²) in [5.41, 5.74) is -0.502. The molecule has 0 spiro atoms. The van der Waals surface area contributed by atoms with E-state index in [4.69, 9.17) is 4.74 Å². The van der Waals surface area contributed by atoms with Gasteiger partial charge in [0.2, 0.25) is 0 Å². The maximum absolute atomic E-state index is 12.2. The smallest absolute Gasteiger partial charge is 0.410 e. The Morgan fingerprint density at radius 2 is 2.05 bits per heavy atom. The van der Waals surface area contributed by atoms with Crippen molar-refractivity contribution in [3.63, 3.8) is 0 Å². The minimum absolute atomic E-state index is 0.107. The zero-order valence-electron chi connectivity index (χ0n) is 13.8. The van der Waals surface area contributed by atoms with Crippen LogP contribution in [0.3, 0.4) is 0 Å². The Hall–Kier alpha value is -1.36. The highest BCUT2D eigenvalue weighted by molar-refractivity contribution is 7.12. The summed E-state index contributed by atoms with van der Waals surface area (Å²) in [5, 5.41) is 0. The summed E-state index contributed by atoms with van der Waals surface area (Å²) in [6.07, 6.45) is 1.86. The molecule has 1 aliphatic rings. The van der Waals surface area contributed by atoms with Gasteiger partial charge in [0.05, 0.1) is 0 Å². The summed E-state index contributed by atoms with van der Waals surface area (Å²) in [7, 11) is 0. The third-order valence-electron chi connectivity index (χ3n) is 3.69. The fraction of sp³-hybridized carbons (Fsp3) is 0.647. The van der Waals surface area contributed by atoms with Crippen LogP contribution in [0.15, 0.2) is 12.1 Å². The Morgan fingerprint density at radius 3 is 2.64 bits per heavy atom. The summed E-state index contributed by atoms with van der Waals surface area (Å²) >= 11 is 1.76. The highest BCUT2D eigenvalue weighted by atomic mass is 32.1. The maximum atomic E-state index is 12.2. The second-order valence-electron chi connectivity index (χ2n) is 6.77. The van der Waals surface area contributed by atoms with E-state index in [0.717, 1.165) is 12.8 Å². The molecule has 1 fully saturated rings. The number of amides is 1. The van der Waals surface area contributed by atoms with Gasteiger partial charge >= 0.3 is 6.09 Å². The lowest BCUT2D eigenvalue weighted by atomic mass is 9.93. The van der Waals surface area contributed by atoms with Crippen molar-refractivity contribution >= 4 is 23.2 Å². The first-order chi connectivity index (χ1) is 10.3. The number of nitrogens with zero attached hydrogens (tertiary/aromatic N) is 1. The number of ether oxygens (including phenoxy) is 1. The summed E-state index contributed by atoms with van der Waals surface area (Å²) in [5.74, 6) is 0.149. The number of carbonyl (C=O) groups excluding carboxylic acids is 2. The van der Waals surface area contributed by atoms with Gasteiger partial charge in [-0.25, -0.2) is 4.79 Å². The summed E-state index contributed by atoms with van der Waals surface area (Å²) < 4.78 is 5.41. The van der Waals surface area contributed by atoms with Crippen molar-refractivity contribution in [2.75, 3.05) is 13.1 Å². The molecule has 0 N–H and O–H groups in total. The van der Waals surface area contributed by atoms with Crippen LogP contribution in [0, 0.1) is 5.92 Å². The molecule has 1 unspecified atom stereocenters. The molecule has 1 aliphatic heterocycles. The van der Waals surface area contributed by atoms with Crippen LogP contribution in [0.4, 0.5) is 4.79 Å². The number of hydrogen-bond donors (Lipinski definition) is 0. The Morgan fingerprint density at radius 1 is 1.36 bits per heavy atom. The van der Waals surface area contributed by atoms with E-state index in [9.17, 15) is 9.59 Å². The summed E-state index contributed by atoms with van der Waals surface area (Å²) in [6, 6.07) is 4.22. The number of Topliss-reactive ketones (excluding diaryl/α,β-unsaturated/α-hetero) is 1. The molecule has 2 rings (SSSR count). The van der Waals surface area contributed by atoms with Gasteiger partial charge in [-0.05, 0) is 45.7 Å². The van der Waals surface area contributed by atoms with Crippen LogP contribution < -0.4 is 0 Å². The molecule has 4 nitrogen and oxygen atoms in total. The van der Waals surface area contributed by atoms with Crippen LogP contribution in [0.5, 0.6) is 0 Å². The minimum Gasteiger partial charge on any atom is -0.444 e. The molecule has 5 heteroatoms. The molecule has 0 radical (unpaired) electrons. The Bertz CT molecular complexity index is 544. The van der Waals surface area contributed by atoms with Crippen molar-refractivity contribution in [1.29, 1.82) is 0 Å². The van der Waals surface area contributed by atoms with Crippen molar-refractivity contribution in [2.45, 2.75) is 52.6 Å². The number of carbonyl (C=O) groups is 2. The average Bonchev–Trinajstić information content (AvgIpc) is 2.87. The fourth-order valence-corrected chi connectivity index (χ4v) is 3.58. The number of rotatable bonds is 3. The number of ketones is 1. The zero-order chi connectivity index (χ0) is 16.3. The molecule has 0 aliphatic carbocycles. The maximum Gasteiger partial charge on any atom is 0.410 e. The first-order valence-corrected chi connectivity index (χ1v) is 8.68. The van der Waals surface area contributed by atoms with Gasteiger partial charge in [-0.3, -0.25) is 4.79 Å². The van der Waals surface area contributed by atoms with Crippen molar-refractivity contribution in [2.24, 2.45) is 5.92 Å². The van der Waals surface area contributed by atoms with Crippen LogP contribution in [0.25, 0.3) is 0 Å². The van der Waals surface area contributed by atoms with Crippen LogP contribution in [0.1, 0.15) is 43.9 Å². The number of thiophene rings is 1. The van der Waals surface area contributed by atoms with Gasteiger partial charge < -0.3 is 9.64 Å². The van der Waals surface area contributed by atoms with E-state index in [2.05, 4.69) is 19.1 Å². The SMILES string of the molecule is CCc1ccc(CC2CN(C(=O)OC(C)(C)C)CCC2=O)s1. The van der Waals surface area contributed by atoms with Crippen molar-refractivity contribution < 1.29 is 14.3 Å². The highest BCUT2D eigenvalue weighted by Crippen LogP contribution is 2.24. The van der Waals surface area contributed by atoms with E-state index in [-0.39, 0.29) is 17.8 Å². The van der Waals surface area contributed by atoms with Crippen molar-refractivity contribution in [3.8, 4) is 0 Å². The minimum atomic E-state index is -0.502. The lowest BCUT2D eigenvalue weighted by molar-refractivity contribution is -0.125. The Labute approximate surface area is 136 Å². The van der Waals surface area contributed by atoms with Crippen LogP contribution in [-0.2, 0) is 22.4 Å². The van der Waals surface area contributed by atoms with Gasteiger partial charge in [0.15, 0.2) is 0 Å². The van der Waals surface area contributed by atoms with E-state index in [0.29, 0.717) is 19.5 Å². The first kappa shape index (κ1) is 17.0. The van der Waals surface area contributed by atoms with Crippen molar-refractivity contribution in [1.82, 2.24) is 4.90 Å². The molecular weight excluding hydrogens is 298 g/mol. The average molecular weight is 323 g/mol. The molecule has 2 heterocycles. The quantitative estimate of drug-likeness (QED) is 0.852. The van der Waals surface area contributed by atoms with E-state index in [1.165, 1.54) is 9.75 Å². The number of piperidine rings is 1. The second-order valence-corrected chi connectivity index (χ2v) is 8.02. The van der Waals surface area contributed by atoms with E-state index in [1.54, 1.807) is 16.2 Å². The predicted molar refractivity (Wildman–Crippen MR) is 88.3 cm³/mol. The van der Waals surface area contributed by atoms with Gasteiger partial charge in [-0.2, -0.15) is 0 Å². The monoisotopic (exact) mass is 323 g/mol. The molecule has 0 saturated carbocycles. The van der Waals surface area contributed by atoms with Crippen LogP contribution in [0.2, 0.25) is 0 Å². The van der Waals surface area contributed by atoms with Crippen LogP contribution in [-0.4, -0.2) is 35.5 Å². The molecule has 1 aromatic heterocycles. The van der Waals surface area contributed by atoms with E-state index in [1.807, 2.05) is 20.8 Å². The molecular formula is C17H25NO3S. The summed E-state index contributed by atoms with van der Waals surface area (Å²) in [6.45, 7) is 8.63. The first-order valence-electron chi connectivity index (χ1n) is 7.86. The fourth-order valence-electron chi connectivity index (χ4n) is 2.54. The van der Waals surface area contributed by atoms with Crippen molar-refractivity contribution in [3.05, 3.63) is 21.9 Å². The van der Waals surface area contributed by atoms with E-state index >= 15 is 0 Å². The lowest BCUT2D eigenvalue weighted by Crippen LogP contribution is -2.46. The molecule has 0 aromatic carbocycles. The van der Waals surface area contributed by atoms with Crippen LogP contribution >= 0.6 is 11.3 Å². The number of hydrogen-bond acceptors (Lipinski definition) is 4. The molecule has 0 bridgehead atoms. The molecule has 1 saturated heterocycles.